The summed E-state index contributed by atoms with van der Waals surface area (Å²) in [6.45, 7) is 0. The minimum Gasteiger partial charge on any atom is -0.455 e. The minimum absolute atomic E-state index is 0.0147. The fourth-order valence-electron chi connectivity index (χ4n) is 8.93. The average Bonchev–Trinajstić information content (AvgIpc) is 3.62. The standard InChI is InChI=1S/C45H32N4O/c1-3-11-28(12-4-1)31-21-22-37-36(27-31)45-25-23-29(24-26-45)32-16-10-19-38(40(32)45)49(37)44-47-42(30-13-5-2-6-14-30)46-43(48-44)35-18-9-17-34-33-15-7-8-20-39(33)50-41(34)35/h1-22,27,29H,23-26H2/i2D,5D,6D,13D,14D. The highest BCUT2D eigenvalue weighted by Gasteiger charge is 2.52. The molecule has 12 rings (SSSR count). The average molecular weight is 650 g/mol. The van der Waals surface area contributed by atoms with Crippen LogP contribution >= 0.6 is 0 Å². The Morgan fingerprint density at radius 2 is 1.44 bits per heavy atom. The monoisotopic (exact) mass is 649 g/mol. The lowest BCUT2D eigenvalue weighted by atomic mass is 9.53. The molecule has 2 bridgehead atoms. The molecule has 0 radical (unpaired) electrons. The van der Waals surface area contributed by atoms with E-state index in [1.165, 1.54) is 16.7 Å². The Hall–Kier alpha value is -6.07. The summed E-state index contributed by atoms with van der Waals surface area (Å²) in [5, 5.41) is 1.85. The Balaban J connectivity index is 1.22. The van der Waals surface area contributed by atoms with Gasteiger partial charge in [0.05, 0.1) is 23.8 Å². The Bertz CT molecular complexity index is 2890. The van der Waals surface area contributed by atoms with Crippen LogP contribution in [-0.4, -0.2) is 15.0 Å². The maximum atomic E-state index is 8.94. The van der Waals surface area contributed by atoms with Crippen LogP contribution in [0.25, 0.3) is 55.8 Å². The van der Waals surface area contributed by atoms with Crippen molar-refractivity contribution in [3.8, 4) is 33.9 Å². The van der Waals surface area contributed by atoms with Gasteiger partial charge in [-0.1, -0.05) is 109 Å². The normalized spacial score (nSPS) is 20.1. The summed E-state index contributed by atoms with van der Waals surface area (Å²) in [7, 11) is 0. The van der Waals surface area contributed by atoms with Crippen LogP contribution in [0, 0.1) is 0 Å². The minimum atomic E-state index is -0.476. The van der Waals surface area contributed by atoms with Gasteiger partial charge < -0.3 is 4.42 Å². The molecule has 4 aliphatic rings. The fraction of sp³-hybridized carbons (Fsp3) is 0.133. The Labute approximate surface area is 296 Å². The molecule has 8 aromatic rings. The van der Waals surface area contributed by atoms with Crippen molar-refractivity contribution in [3.05, 3.63) is 156 Å². The van der Waals surface area contributed by atoms with Crippen LogP contribution < -0.4 is 4.90 Å². The van der Waals surface area contributed by atoms with Crippen LogP contribution in [0.1, 0.15) is 55.1 Å². The molecule has 3 heterocycles. The van der Waals surface area contributed by atoms with E-state index in [1.807, 2.05) is 48.5 Å². The number of hydrogen-bond donors (Lipinski definition) is 0. The van der Waals surface area contributed by atoms with Crippen LogP contribution in [0.2, 0.25) is 0 Å². The molecule has 2 aromatic heterocycles. The molecule has 1 spiro atoms. The van der Waals surface area contributed by atoms with Gasteiger partial charge in [0.15, 0.2) is 11.6 Å². The molecule has 0 N–H and O–H groups in total. The van der Waals surface area contributed by atoms with E-state index in [4.69, 9.17) is 26.2 Å². The lowest BCUT2D eigenvalue weighted by Gasteiger charge is -2.54. The van der Waals surface area contributed by atoms with Crippen LogP contribution in [0.15, 0.2) is 144 Å². The van der Waals surface area contributed by atoms with Crippen molar-refractivity contribution in [2.75, 3.05) is 4.90 Å². The van der Waals surface area contributed by atoms with Gasteiger partial charge in [-0.25, -0.2) is 4.98 Å². The lowest BCUT2D eigenvalue weighted by molar-refractivity contribution is 0.278. The van der Waals surface area contributed by atoms with E-state index < -0.39 is 18.1 Å². The predicted molar refractivity (Wildman–Crippen MR) is 200 cm³/mol. The third kappa shape index (κ3) is 3.92. The zero-order valence-corrected chi connectivity index (χ0v) is 27.0. The topological polar surface area (TPSA) is 55.1 Å². The van der Waals surface area contributed by atoms with Gasteiger partial charge >= 0.3 is 0 Å². The van der Waals surface area contributed by atoms with E-state index in [-0.39, 0.29) is 34.7 Å². The third-order valence-electron chi connectivity index (χ3n) is 11.1. The van der Waals surface area contributed by atoms with Gasteiger partial charge in [-0.15, -0.1) is 0 Å². The highest BCUT2D eigenvalue weighted by Crippen LogP contribution is 2.64. The van der Waals surface area contributed by atoms with Crippen molar-refractivity contribution in [3.63, 3.8) is 0 Å². The van der Waals surface area contributed by atoms with Crippen molar-refractivity contribution in [1.29, 1.82) is 0 Å². The van der Waals surface area contributed by atoms with Gasteiger partial charge in [-0.05, 0) is 89.8 Å². The smallest absolute Gasteiger partial charge is 0.238 e. The van der Waals surface area contributed by atoms with Gasteiger partial charge in [-0.2, -0.15) is 9.97 Å². The zero-order valence-electron chi connectivity index (χ0n) is 32.0. The van der Waals surface area contributed by atoms with Gasteiger partial charge in [0.25, 0.3) is 0 Å². The summed E-state index contributed by atoms with van der Waals surface area (Å²) >= 11 is 0. The van der Waals surface area contributed by atoms with E-state index >= 15 is 0 Å². The predicted octanol–water partition coefficient (Wildman–Crippen LogP) is 11.5. The molecule has 1 saturated carbocycles. The third-order valence-corrected chi connectivity index (χ3v) is 11.1. The molecular formula is C45H32N4O. The van der Waals surface area contributed by atoms with Crippen LogP contribution in [0.5, 0.6) is 0 Å². The van der Waals surface area contributed by atoms with Crippen molar-refractivity contribution >= 4 is 39.3 Å². The fourth-order valence-corrected chi connectivity index (χ4v) is 8.93. The summed E-state index contributed by atoms with van der Waals surface area (Å²) in [6, 6.07) is 35.2. The van der Waals surface area contributed by atoms with Crippen molar-refractivity contribution in [2.24, 2.45) is 0 Å². The number of aromatic nitrogens is 3. The van der Waals surface area contributed by atoms with Crippen LogP contribution in [0.4, 0.5) is 17.3 Å². The number of rotatable bonds is 4. The molecular weight excluding hydrogens is 613 g/mol. The molecule has 3 aliphatic carbocycles. The van der Waals surface area contributed by atoms with E-state index in [1.54, 1.807) is 0 Å². The number of anilines is 3. The van der Waals surface area contributed by atoms with Crippen LogP contribution in [0.3, 0.4) is 0 Å². The molecule has 50 heavy (non-hydrogen) atoms. The first-order valence-electron chi connectivity index (χ1n) is 19.7. The number of benzene rings is 6. The van der Waals surface area contributed by atoms with Crippen molar-refractivity contribution in [1.82, 2.24) is 15.0 Å². The summed E-state index contributed by atoms with van der Waals surface area (Å²) in [4.78, 5) is 17.3. The van der Waals surface area contributed by atoms with E-state index in [9.17, 15) is 0 Å². The number of hydrogen-bond acceptors (Lipinski definition) is 5. The quantitative estimate of drug-likeness (QED) is 0.190. The second-order valence-corrected chi connectivity index (χ2v) is 13.6. The molecule has 0 atom stereocenters. The summed E-state index contributed by atoms with van der Waals surface area (Å²) in [6.07, 6.45) is 4.35. The molecule has 1 fully saturated rings. The van der Waals surface area contributed by atoms with E-state index in [0.29, 0.717) is 23.0 Å². The number of furan rings is 1. The molecule has 0 unspecified atom stereocenters. The SMILES string of the molecule is [2H]c1c([2H])c([2H])c(-c2nc(-c3cccc4c3oc3ccccc34)nc(N3c4ccc(-c5ccccc5)cc4C45CCC(CC4)c4cccc3c45)n2)c([2H])c1[2H]. The molecule has 0 saturated heterocycles. The summed E-state index contributed by atoms with van der Waals surface area (Å²) < 4.78 is 49.7. The maximum absolute atomic E-state index is 8.94. The van der Waals surface area contributed by atoms with Crippen LogP contribution in [-0.2, 0) is 5.41 Å². The number of nitrogens with zero attached hydrogens (tertiary/aromatic N) is 4. The van der Waals surface area contributed by atoms with Gasteiger partial charge in [0.2, 0.25) is 5.95 Å². The second kappa shape index (κ2) is 10.5. The first-order chi connectivity index (χ1) is 26.8. The number of fused-ring (bicyclic) bond motifs is 6. The van der Waals surface area contributed by atoms with E-state index in [2.05, 4.69) is 65.6 Å². The van der Waals surface area contributed by atoms with Crippen molar-refractivity contribution < 1.29 is 11.3 Å². The lowest BCUT2D eigenvalue weighted by Crippen LogP contribution is -2.43. The Kier molecular flexibility index (Phi) is 4.88. The first-order valence-corrected chi connectivity index (χ1v) is 17.2. The largest absolute Gasteiger partial charge is 0.455 e. The van der Waals surface area contributed by atoms with Gasteiger partial charge in [0.1, 0.15) is 11.2 Å². The van der Waals surface area contributed by atoms with E-state index in [0.717, 1.165) is 64.5 Å². The second-order valence-electron chi connectivity index (χ2n) is 13.6. The van der Waals surface area contributed by atoms with Crippen molar-refractivity contribution in [2.45, 2.75) is 37.0 Å². The summed E-state index contributed by atoms with van der Waals surface area (Å²) in [5.74, 6) is 1.02. The highest BCUT2D eigenvalue weighted by molar-refractivity contribution is 6.09. The Morgan fingerprint density at radius 1 is 0.660 bits per heavy atom. The number of para-hydroxylation sites is 2. The molecule has 238 valence electrons. The Morgan fingerprint density at radius 3 is 2.32 bits per heavy atom. The molecule has 6 aromatic carbocycles. The highest BCUT2D eigenvalue weighted by atomic mass is 16.3. The molecule has 1 aliphatic heterocycles. The van der Waals surface area contributed by atoms with Gasteiger partial charge in [0, 0.05) is 21.8 Å². The summed E-state index contributed by atoms with van der Waals surface area (Å²) in [5.41, 5.74) is 9.77. The molecule has 5 nitrogen and oxygen atoms in total. The first kappa shape index (κ1) is 23.3. The van der Waals surface area contributed by atoms with Gasteiger partial charge in [-0.3, -0.25) is 4.90 Å². The maximum Gasteiger partial charge on any atom is 0.238 e. The molecule has 0 amide bonds. The zero-order chi connectivity index (χ0) is 37.2. The molecule has 5 heteroatoms.